The Balaban J connectivity index is 1.62. The summed E-state index contributed by atoms with van der Waals surface area (Å²) in [6.07, 6.45) is 0.919. The molecule has 2 aromatic rings. The van der Waals surface area contributed by atoms with Gasteiger partial charge in [-0.25, -0.2) is 10.4 Å². The molecule has 3 unspecified atom stereocenters. The second-order valence-electron chi connectivity index (χ2n) is 6.26. The smallest absolute Gasteiger partial charge is 0.248 e. The number of carbonyl (C=O) groups excluding carboxylic acids is 1. The Morgan fingerprint density at radius 3 is 2.54 bits per heavy atom. The third kappa shape index (κ3) is 2.56. The van der Waals surface area contributed by atoms with Crippen molar-refractivity contribution < 1.29 is 9.53 Å². The monoisotopic (exact) mass is 323 g/mol. The van der Waals surface area contributed by atoms with Gasteiger partial charge in [0.2, 0.25) is 5.91 Å². The Hall–Kier alpha value is -2.37. The minimum atomic E-state index is -0.104. The SMILES string of the molecule is COc1ccc(C2CCNC3NN(c4ccccc4)C(=O)C32)cc1. The molecule has 2 aromatic carbocycles. The van der Waals surface area contributed by atoms with E-state index in [2.05, 4.69) is 22.9 Å². The maximum Gasteiger partial charge on any atom is 0.248 e. The van der Waals surface area contributed by atoms with Crippen molar-refractivity contribution >= 4 is 11.6 Å². The minimum Gasteiger partial charge on any atom is -0.497 e. The highest BCUT2D eigenvalue weighted by atomic mass is 16.5. The number of piperidine rings is 1. The number of amides is 1. The van der Waals surface area contributed by atoms with Crippen LogP contribution in [0.25, 0.3) is 0 Å². The van der Waals surface area contributed by atoms with E-state index in [1.54, 1.807) is 12.1 Å². The summed E-state index contributed by atoms with van der Waals surface area (Å²) in [4.78, 5) is 13.0. The van der Waals surface area contributed by atoms with Crippen molar-refractivity contribution in [2.24, 2.45) is 5.92 Å². The fourth-order valence-electron chi connectivity index (χ4n) is 3.73. The van der Waals surface area contributed by atoms with Gasteiger partial charge in [-0.3, -0.25) is 10.1 Å². The molecule has 4 rings (SSSR count). The van der Waals surface area contributed by atoms with E-state index in [4.69, 9.17) is 4.74 Å². The summed E-state index contributed by atoms with van der Waals surface area (Å²) in [5, 5.41) is 5.12. The average Bonchev–Trinajstić information content (AvgIpc) is 2.99. The predicted molar refractivity (Wildman–Crippen MR) is 92.7 cm³/mol. The van der Waals surface area contributed by atoms with Crippen molar-refractivity contribution in [1.82, 2.24) is 10.7 Å². The fraction of sp³-hybridized carbons (Fsp3) is 0.316. The van der Waals surface area contributed by atoms with Crippen molar-refractivity contribution in [2.45, 2.75) is 18.5 Å². The first-order valence-electron chi connectivity index (χ1n) is 8.30. The van der Waals surface area contributed by atoms with Crippen LogP contribution in [-0.4, -0.2) is 25.7 Å². The van der Waals surface area contributed by atoms with E-state index in [1.807, 2.05) is 42.5 Å². The summed E-state index contributed by atoms with van der Waals surface area (Å²) in [6, 6.07) is 17.8. The summed E-state index contributed by atoms with van der Waals surface area (Å²) >= 11 is 0. The first kappa shape index (κ1) is 15.2. The number of nitrogens with one attached hydrogen (secondary N) is 2. The van der Waals surface area contributed by atoms with E-state index in [-0.39, 0.29) is 23.9 Å². The molecule has 124 valence electrons. The Morgan fingerprint density at radius 1 is 1.08 bits per heavy atom. The number of rotatable bonds is 3. The molecule has 2 saturated heterocycles. The molecule has 3 atom stereocenters. The molecule has 24 heavy (non-hydrogen) atoms. The number of methoxy groups -OCH3 is 1. The quantitative estimate of drug-likeness (QED) is 0.910. The molecule has 2 heterocycles. The molecule has 0 spiro atoms. The molecule has 0 aliphatic carbocycles. The van der Waals surface area contributed by atoms with Crippen LogP contribution in [0.4, 0.5) is 5.69 Å². The van der Waals surface area contributed by atoms with Gasteiger partial charge >= 0.3 is 0 Å². The van der Waals surface area contributed by atoms with Crippen LogP contribution in [0, 0.1) is 5.92 Å². The number of hydrogen-bond donors (Lipinski definition) is 2. The van der Waals surface area contributed by atoms with Crippen LogP contribution in [0.2, 0.25) is 0 Å². The van der Waals surface area contributed by atoms with Crippen molar-refractivity contribution in [3.8, 4) is 5.75 Å². The first-order chi connectivity index (χ1) is 11.8. The molecule has 0 radical (unpaired) electrons. The van der Waals surface area contributed by atoms with Crippen LogP contribution in [0.5, 0.6) is 5.75 Å². The molecular formula is C19H21N3O2. The molecule has 2 aliphatic heterocycles. The topological polar surface area (TPSA) is 53.6 Å². The second-order valence-corrected chi connectivity index (χ2v) is 6.26. The summed E-state index contributed by atoms with van der Waals surface area (Å²) in [5.74, 6) is 1.06. The summed E-state index contributed by atoms with van der Waals surface area (Å²) in [6.45, 7) is 0.890. The van der Waals surface area contributed by atoms with Crippen molar-refractivity contribution in [1.29, 1.82) is 0 Å². The molecular weight excluding hydrogens is 302 g/mol. The normalized spacial score (nSPS) is 26.3. The van der Waals surface area contributed by atoms with Gasteiger partial charge in [-0.2, -0.15) is 0 Å². The number of ether oxygens (including phenoxy) is 1. The molecule has 2 N–H and O–H groups in total. The number of carbonyl (C=O) groups is 1. The van der Waals surface area contributed by atoms with Crippen LogP contribution in [0.1, 0.15) is 17.9 Å². The zero-order chi connectivity index (χ0) is 16.5. The van der Waals surface area contributed by atoms with Crippen molar-refractivity contribution in [2.75, 3.05) is 18.7 Å². The molecule has 0 bridgehead atoms. The lowest BCUT2D eigenvalue weighted by Crippen LogP contribution is -2.50. The van der Waals surface area contributed by atoms with Crippen LogP contribution in [0.3, 0.4) is 0 Å². The van der Waals surface area contributed by atoms with Gasteiger partial charge in [-0.1, -0.05) is 30.3 Å². The first-order valence-corrected chi connectivity index (χ1v) is 8.30. The van der Waals surface area contributed by atoms with Crippen LogP contribution < -0.4 is 20.5 Å². The molecule has 0 aromatic heterocycles. The lowest BCUT2D eigenvalue weighted by molar-refractivity contribution is -0.121. The van der Waals surface area contributed by atoms with Crippen molar-refractivity contribution in [3.63, 3.8) is 0 Å². The van der Waals surface area contributed by atoms with Gasteiger partial charge in [0, 0.05) is 0 Å². The molecule has 2 fully saturated rings. The number of para-hydroxylation sites is 1. The number of anilines is 1. The number of fused-ring (bicyclic) bond motifs is 1. The van der Waals surface area contributed by atoms with Gasteiger partial charge in [0.05, 0.1) is 24.9 Å². The van der Waals surface area contributed by atoms with Gasteiger partial charge in [0.1, 0.15) is 5.75 Å². The van der Waals surface area contributed by atoms with Gasteiger partial charge < -0.3 is 4.74 Å². The van der Waals surface area contributed by atoms with E-state index < -0.39 is 0 Å². The lowest BCUT2D eigenvalue weighted by Gasteiger charge is -2.32. The number of hydrazine groups is 1. The van der Waals surface area contributed by atoms with E-state index in [9.17, 15) is 4.79 Å². The minimum absolute atomic E-state index is 0.0291. The highest BCUT2D eigenvalue weighted by molar-refractivity contribution is 5.97. The fourth-order valence-corrected chi connectivity index (χ4v) is 3.73. The zero-order valence-electron chi connectivity index (χ0n) is 13.6. The van der Waals surface area contributed by atoms with Gasteiger partial charge in [0.15, 0.2) is 0 Å². The number of nitrogens with zero attached hydrogens (tertiary/aromatic N) is 1. The van der Waals surface area contributed by atoms with Gasteiger partial charge in [0.25, 0.3) is 0 Å². The number of hydrogen-bond acceptors (Lipinski definition) is 4. The number of benzene rings is 2. The van der Waals surface area contributed by atoms with Crippen molar-refractivity contribution in [3.05, 3.63) is 60.2 Å². The van der Waals surface area contributed by atoms with Crippen LogP contribution >= 0.6 is 0 Å². The van der Waals surface area contributed by atoms with Crippen LogP contribution in [-0.2, 0) is 4.79 Å². The summed E-state index contributed by atoms with van der Waals surface area (Å²) < 4.78 is 5.24. The van der Waals surface area contributed by atoms with Gasteiger partial charge in [-0.05, 0) is 48.7 Å². The lowest BCUT2D eigenvalue weighted by atomic mass is 9.79. The molecule has 1 amide bonds. The van der Waals surface area contributed by atoms with E-state index >= 15 is 0 Å². The summed E-state index contributed by atoms with van der Waals surface area (Å²) in [5.41, 5.74) is 5.40. The molecule has 5 heteroatoms. The second kappa shape index (κ2) is 6.26. The standard InChI is InChI=1S/C19H21N3O2/c1-24-15-9-7-13(8-10-15)16-11-12-20-18-17(16)19(23)22(21-18)14-5-3-2-4-6-14/h2-10,16-18,20-21H,11-12H2,1H3. The highest BCUT2D eigenvalue weighted by Crippen LogP contribution is 2.38. The maximum absolute atomic E-state index is 13.0. The van der Waals surface area contributed by atoms with E-state index in [1.165, 1.54) is 5.56 Å². The Morgan fingerprint density at radius 2 is 1.83 bits per heavy atom. The molecule has 2 aliphatic rings. The average molecular weight is 323 g/mol. The largest absolute Gasteiger partial charge is 0.497 e. The third-order valence-electron chi connectivity index (χ3n) is 4.94. The van der Waals surface area contributed by atoms with E-state index in [0.29, 0.717) is 0 Å². The Bertz CT molecular complexity index is 717. The maximum atomic E-state index is 13.0. The summed E-state index contributed by atoms with van der Waals surface area (Å²) in [7, 11) is 1.66. The Kier molecular flexibility index (Phi) is 3.96. The van der Waals surface area contributed by atoms with Gasteiger partial charge in [-0.15, -0.1) is 0 Å². The Labute approximate surface area is 141 Å². The third-order valence-corrected chi connectivity index (χ3v) is 4.94. The molecule has 5 nitrogen and oxygen atoms in total. The van der Waals surface area contributed by atoms with E-state index in [0.717, 1.165) is 24.4 Å². The highest BCUT2D eigenvalue weighted by Gasteiger charge is 2.47. The predicted octanol–water partition coefficient (Wildman–Crippen LogP) is 2.27. The zero-order valence-corrected chi connectivity index (χ0v) is 13.6. The van der Waals surface area contributed by atoms with Crippen LogP contribution in [0.15, 0.2) is 54.6 Å². The molecule has 0 saturated carbocycles.